The second-order valence-electron chi connectivity index (χ2n) is 10.6. The van der Waals surface area contributed by atoms with Crippen LogP contribution in [0.25, 0.3) is 0 Å². The third-order valence-electron chi connectivity index (χ3n) is 8.10. The zero-order chi connectivity index (χ0) is 25.9. The van der Waals surface area contributed by atoms with Crippen LogP contribution in [0, 0.1) is 17.6 Å². The number of anilines is 1. The van der Waals surface area contributed by atoms with Gasteiger partial charge in [0.25, 0.3) is 5.91 Å². The molecule has 2 fully saturated rings. The summed E-state index contributed by atoms with van der Waals surface area (Å²) >= 11 is 0. The van der Waals surface area contributed by atoms with Gasteiger partial charge in [0.2, 0.25) is 5.91 Å². The largest absolute Gasteiger partial charge is 0.354 e. The van der Waals surface area contributed by atoms with Crippen molar-refractivity contribution in [1.29, 1.82) is 0 Å². The number of rotatable bonds is 6. The molecule has 2 saturated heterocycles. The average molecular weight is 515 g/mol. The number of halogens is 2. The molecule has 200 valence electrons. The van der Waals surface area contributed by atoms with Gasteiger partial charge in [0.1, 0.15) is 5.82 Å². The fourth-order valence-electron chi connectivity index (χ4n) is 6.07. The molecule has 10 heteroatoms. The normalized spacial score (nSPS) is 19.1. The lowest BCUT2D eigenvalue weighted by molar-refractivity contribution is -0.119. The molecular weight excluding hydrogens is 478 g/mol. The van der Waals surface area contributed by atoms with Gasteiger partial charge in [-0.15, -0.1) is 0 Å². The van der Waals surface area contributed by atoms with E-state index in [1.165, 1.54) is 12.6 Å². The number of hydrogen-bond acceptors (Lipinski definition) is 5. The summed E-state index contributed by atoms with van der Waals surface area (Å²) < 4.78 is 29.4. The Balaban J connectivity index is 1.19. The van der Waals surface area contributed by atoms with E-state index in [0.717, 1.165) is 82.2 Å². The van der Waals surface area contributed by atoms with E-state index in [1.807, 2.05) is 9.80 Å². The molecule has 0 saturated carbocycles. The maximum absolute atomic E-state index is 14.1. The lowest BCUT2D eigenvalue weighted by atomic mass is 9.93. The van der Waals surface area contributed by atoms with Crippen molar-refractivity contribution < 1.29 is 18.4 Å². The van der Waals surface area contributed by atoms with E-state index in [1.54, 1.807) is 0 Å². The number of aryl methyl sites for hydroxylation is 1. The van der Waals surface area contributed by atoms with E-state index < -0.39 is 11.6 Å². The van der Waals surface area contributed by atoms with Crippen molar-refractivity contribution in [1.82, 2.24) is 25.0 Å². The van der Waals surface area contributed by atoms with Crippen LogP contribution in [0.5, 0.6) is 0 Å². The number of fused-ring (bicyclic) bond motifs is 1. The summed E-state index contributed by atoms with van der Waals surface area (Å²) in [6.07, 6.45) is 9.43. The lowest BCUT2D eigenvalue weighted by Crippen LogP contribution is -2.46. The van der Waals surface area contributed by atoms with Gasteiger partial charge in [-0.2, -0.15) is 5.10 Å². The van der Waals surface area contributed by atoms with E-state index in [-0.39, 0.29) is 23.7 Å². The first-order valence-corrected chi connectivity index (χ1v) is 13.6. The van der Waals surface area contributed by atoms with Crippen LogP contribution < -0.4 is 10.2 Å². The monoisotopic (exact) mass is 514 g/mol. The Morgan fingerprint density at radius 3 is 2.49 bits per heavy atom. The van der Waals surface area contributed by atoms with Crippen LogP contribution in [-0.2, 0) is 24.2 Å². The number of piperidine rings is 2. The van der Waals surface area contributed by atoms with Gasteiger partial charge in [-0.3, -0.25) is 14.3 Å². The van der Waals surface area contributed by atoms with E-state index in [4.69, 9.17) is 5.10 Å². The third kappa shape index (κ3) is 5.78. The van der Waals surface area contributed by atoms with Gasteiger partial charge in [-0.25, -0.2) is 13.8 Å². The lowest BCUT2D eigenvalue weighted by Gasteiger charge is -2.33. The molecule has 0 bridgehead atoms. The molecule has 2 amide bonds. The van der Waals surface area contributed by atoms with Crippen LogP contribution in [0.15, 0.2) is 12.3 Å². The summed E-state index contributed by atoms with van der Waals surface area (Å²) in [6.45, 7) is 4.95. The SMILES string of the molecule is CC(=O)NC1CCN(C(=O)c2nn(CCC3CCN(c4ncc(F)cc4F)CC3)c3c2CCCC3)CC1. The van der Waals surface area contributed by atoms with Gasteiger partial charge in [0, 0.05) is 63.0 Å². The number of carbonyl (C=O) groups excluding carboxylic acids is 2. The first-order chi connectivity index (χ1) is 17.9. The number of amides is 2. The van der Waals surface area contributed by atoms with Gasteiger partial charge >= 0.3 is 0 Å². The highest BCUT2D eigenvalue weighted by atomic mass is 19.1. The highest BCUT2D eigenvalue weighted by Crippen LogP contribution is 2.29. The highest BCUT2D eigenvalue weighted by Gasteiger charge is 2.31. The first-order valence-electron chi connectivity index (χ1n) is 13.6. The summed E-state index contributed by atoms with van der Waals surface area (Å²) in [5, 5.41) is 7.81. The molecule has 5 rings (SSSR count). The summed E-state index contributed by atoms with van der Waals surface area (Å²) in [7, 11) is 0. The standard InChI is InChI=1S/C27H36F2N6O2/c1-18(36)31-21-9-13-34(14-10-21)27(37)25-22-4-2-3-5-24(22)35(32-25)15-8-19-6-11-33(12-7-19)26-23(29)16-20(28)17-30-26/h16-17,19,21H,2-15H2,1H3,(H,31,36). The van der Waals surface area contributed by atoms with Crippen molar-refractivity contribution in [2.24, 2.45) is 5.92 Å². The second-order valence-corrected chi connectivity index (χ2v) is 10.6. The van der Waals surface area contributed by atoms with Crippen molar-refractivity contribution >= 4 is 17.6 Å². The number of pyridine rings is 1. The molecule has 37 heavy (non-hydrogen) atoms. The van der Waals surface area contributed by atoms with E-state index in [2.05, 4.69) is 15.0 Å². The molecule has 0 unspecified atom stereocenters. The Labute approximate surface area is 216 Å². The number of hydrogen-bond donors (Lipinski definition) is 1. The predicted octanol–water partition coefficient (Wildman–Crippen LogP) is 3.48. The average Bonchev–Trinajstić information content (AvgIpc) is 3.26. The molecule has 3 aliphatic rings. The van der Waals surface area contributed by atoms with E-state index in [0.29, 0.717) is 37.8 Å². The molecular formula is C27H36F2N6O2. The summed E-state index contributed by atoms with van der Waals surface area (Å²) in [6, 6.07) is 1.02. The van der Waals surface area contributed by atoms with Crippen LogP contribution in [-0.4, -0.2) is 63.7 Å². The first kappa shape index (κ1) is 25.6. The summed E-state index contributed by atoms with van der Waals surface area (Å²) in [5.74, 6) is -0.576. The molecule has 2 aromatic rings. The maximum Gasteiger partial charge on any atom is 0.274 e. The Hall–Kier alpha value is -3.04. The minimum atomic E-state index is -0.661. The van der Waals surface area contributed by atoms with Gasteiger partial charge < -0.3 is 15.1 Å². The van der Waals surface area contributed by atoms with Crippen molar-refractivity contribution in [2.45, 2.75) is 77.3 Å². The van der Waals surface area contributed by atoms with Crippen LogP contribution >= 0.6 is 0 Å². The number of aromatic nitrogens is 3. The van der Waals surface area contributed by atoms with Crippen LogP contribution in [0.3, 0.4) is 0 Å². The highest BCUT2D eigenvalue weighted by molar-refractivity contribution is 5.94. The second kappa shape index (κ2) is 11.1. The Kier molecular flexibility index (Phi) is 7.71. The molecule has 0 spiro atoms. The number of likely N-dealkylation sites (tertiary alicyclic amines) is 1. The third-order valence-corrected chi connectivity index (χ3v) is 8.10. The Morgan fingerprint density at radius 2 is 1.78 bits per heavy atom. The van der Waals surface area contributed by atoms with Crippen LogP contribution in [0.1, 0.15) is 73.6 Å². The van der Waals surface area contributed by atoms with Gasteiger partial charge in [0.05, 0.1) is 6.20 Å². The fraction of sp³-hybridized carbons (Fsp3) is 0.630. The number of nitrogens with one attached hydrogen (secondary N) is 1. The molecule has 2 aliphatic heterocycles. The smallest absolute Gasteiger partial charge is 0.274 e. The molecule has 1 aliphatic carbocycles. The predicted molar refractivity (Wildman–Crippen MR) is 135 cm³/mol. The van der Waals surface area contributed by atoms with Crippen molar-refractivity contribution in [3.63, 3.8) is 0 Å². The van der Waals surface area contributed by atoms with Gasteiger partial charge in [-0.05, 0) is 63.7 Å². The van der Waals surface area contributed by atoms with Crippen molar-refractivity contribution in [3.8, 4) is 0 Å². The van der Waals surface area contributed by atoms with Crippen molar-refractivity contribution in [3.05, 3.63) is 40.8 Å². The maximum atomic E-state index is 14.1. The zero-order valence-electron chi connectivity index (χ0n) is 21.5. The van der Waals surface area contributed by atoms with Crippen LogP contribution in [0.4, 0.5) is 14.6 Å². The van der Waals surface area contributed by atoms with Gasteiger partial charge in [-0.1, -0.05) is 0 Å². The van der Waals surface area contributed by atoms with E-state index >= 15 is 0 Å². The van der Waals surface area contributed by atoms with E-state index in [9.17, 15) is 18.4 Å². The summed E-state index contributed by atoms with van der Waals surface area (Å²) in [4.78, 5) is 32.5. The number of carbonyl (C=O) groups is 2. The molecule has 0 atom stereocenters. The molecule has 2 aromatic heterocycles. The fourth-order valence-corrected chi connectivity index (χ4v) is 6.07. The van der Waals surface area contributed by atoms with Crippen LogP contribution in [0.2, 0.25) is 0 Å². The zero-order valence-corrected chi connectivity index (χ0v) is 21.5. The number of nitrogens with zero attached hydrogens (tertiary/aromatic N) is 5. The van der Waals surface area contributed by atoms with Gasteiger partial charge in [0.15, 0.2) is 17.3 Å². The molecule has 8 nitrogen and oxygen atoms in total. The molecule has 0 radical (unpaired) electrons. The minimum absolute atomic E-state index is 0.0142. The Bertz CT molecular complexity index is 1140. The Morgan fingerprint density at radius 1 is 1.05 bits per heavy atom. The van der Waals surface area contributed by atoms with Crippen molar-refractivity contribution in [2.75, 3.05) is 31.1 Å². The molecule has 4 heterocycles. The summed E-state index contributed by atoms with van der Waals surface area (Å²) in [5.41, 5.74) is 2.94. The topological polar surface area (TPSA) is 83.4 Å². The molecule has 0 aromatic carbocycles. The minimum Gasteiger partial charge on any atom is -0.354 e. The quantitative estimate of drug-likeness (QED) is 0.638. The molecule has 1 N–H and O–H groups in total.